The number of benzene rings is 2. The molecule has 11 heteroatoms. The molecule has 2 amide bonds. The summed E-state index contributed by atoms with van der Waals surface area (Å²) in [7, 11) is 0. The molecule has 3 unspecified atom stereocenters. The van der Waals surface area contributed by atoms with Gasteiger partial charge in [0, 0.05) is 47.1 Å². The van der Waals surface area contributed by atoms with E-state index in [0.29, 0.717) is 42.3 Å². The first-order chi connectivity index (χ1) is 18.9. The second kappa shape index (κ2) is 11.6. The number of carbonyl (C=O) groups excluding carboxylic acids is 2. The minimum atomic E-state index is -0.506. The van der Waals surface area contributed by atoms with E-state index in [1.807, 2.05) is 37.3 Å². The number of amides is 2. The number of hydrogen-bond donors (Lipinski definition) is 3. The molecule has 5 rings (SSSR count). The molecular formula is C28H29N5O5S. The number of hydrogen-bond acceptors (Lipinski definition) is 8. The number of para-hydroxylation sites is 1. The van der Waals surface area contributed by atoms with Crippen molar-refractivity contribution in [2.24, 2.45) is 0 Å². The number of ether oxygens (including phenoxy) is 2. The third kappa shape index (κ3) is 6.26. The van der Waals surface area contributed by atoms with Crippen LogP contribution in [0.2, 0.25) is 0 Å². The van der Waals surface area contributed by atoms with Crippen LogP contribution in [-0.4, -0.2) is 45.9 Å². The van der Waals surface area contributed by atoms with Crippen molar-refractivity contribution in [1.29, 1.82) is 0 Å². The summed E-state index contributed by atoms with van der Waals surface area (Å²) < 4.78 is 11.5. The number of H-pyrrole nitrogens is 1. The van der Waals surface area contributed by atoms with E-state index < -0.39 is 12.2 Å². The Morgan fingerprint density at radius 3 is 2.67 bits per heavy atom. The summed E-state index contributed by atoms with van der Waals surface area (Å²) in [5.41, 5.74) is 3.35. The number of aryl methyl sites for hydroxylation is 1. The molecule has 202 valence electrons. The van der Waals surface area contributed by atoms with Crippen LogP contribution in [-0.2, 0) is 11.3 Å². The zero-order valence-corrected chi connectivity index (χ0v) is 22.4. The summed E-state index contributed by atoms with van der Waals surface area (Å²) in [5.74, 6) is 0.118. The lowest BCUT2D eigenvalue weighted by Gasteiger charge is -2.18. The predicted molar refractivity (Wildman–Crippen MR) is 147 cm³/mol. The molecule has 39 heavy (non-hydrogen) atoms. The van der Waals surface area contributed by atoms with E-state index in [1.54, 1.807) is 31.2 Å². The van der Waals surface area contributed by atoms with Crippen LogP contribution in [0.15, 0.2) is 59.4 Å². The fourth-order valence-electron chi connectivity index (χ4n) is 4.89. The van der Waals surface area contributed by atoms with Gasteiger partial charge in [-0.1, -0.05) is 29.5 Å². The Kier molecular flexibility index (Phi) is 7.87. The highest BCUT2D eigenvalue weighted by atomic mass is 32.1. The lowest BCUT2D eigenvalue weighted by atomic mass is 10.0. The Labute approximate surface area is 228 Å². The zero-order valence-electron chi connectivity index (χ0n) is 21.6. The number of aromatic amines is 1. The van der Waals surface area contributed by atoms with Crippen LogP contribution < -0.4 is 20.2 Å². The van der Waals surface area contributed by atoms with Crippen molar-refractivity contribution in [3.8, 4) is 5.75 Å². The third-order valence-electron chi connectivity index (χ3n) is 6.64. The first-order valence-corrected chi connectivity index (χ1v) is 13.6. The van der Waals surface area contributed by atoms with Crippen LogP contribution in [0.4, 0.5) is 4.79 Å². The summed E-state index contributed by atoms with van der Waals surface area (Å²) in [6.07, 6.45) is -0.0378. The lowest BCUT2D eigenvalue weighted by Crippen LogP contribution is -2.37. The Balaban J connectivity index is 1.24. The van der Waals surface area contributed by atoms with Gasteiger partial charge in [-0.25, -0.2) is 9.89 Å². The summed E-state index contributed by atoms with van der Waals surface area (Å²) in [4.78, 5) is 41.1. The van der Waals surface area contributed by atoms with E-state index in [4.69, 9.17) is 9.47 Å². The van der Waals surface area contributed by atoms with Crippen LogP contribution in [0.25, 0.3) is 10.9 Å². The summed E-state index contributed by atoms with van der Waals surface area (Å²) >= 11 is 1.000. The maximum Gasteiger partial charge on any atom is 0.407 e. The number of carbonyl (C=O) groups is 2. The highest BCUT2D eigenvalue weighted by Gasteiger charge is 2.40. The van der Waals surface area contributed by atoms with Crippen LogP contribution >= 0.6 is 11.3 Å². The molecule has 3 atom stereocenters. The van der Waals surface area contributed by atoms with E-state index in [1.165, 1.54) is 0 Å². The molecule has 1 fully saturated rings. The molecule has 3 N–H and O–H groups in total. The quantitative estimate of drug-likeness (QED) is 0.303. The summed E-state index contributed by atoms with van der Waals surface area (Å²) in [5, 5.41) is 13.8. The summed E-state index contributed by atoms with van der Waals surface area (Å²) in [6, 6.07) is 16.5. The number of fused-ring (bicyclic) bond motifs is 1. The molecule has 1 saturated carbocycles. The van der Waals surface area contributed by atoms with Gasteiger partial charge in [-0.3, -0.25) is 14.6 Å². The first-order valence-electron chi connectivity index (χ1n) is 12.8. The molecule has 0 bridgehead atoms. The van der Waals surface area contributed by atoms with E-state index in [0.717, 1.165) is 33.5 Å². The number of alkyl carbamates (subject to hydrolysis) is 1. The molecule has 1 aliphatic rings. The molecule has 0 aliphatic heterocycles. The van der Waals surface area contributed by atoms with E-state index in [9.17, 15) is 14.4 Å². The molecular weight excluding hydrogens is 518 g/mol. The van der Waals surface area contributed by atoms with Crippen molar-refractivity contribution < 1.29 is 19.1 Å². The van der Waals surface area contributed by atoms with Gasteiger partial charge in [0.15, 0.2) is 0 Å². The van der Waals surface area contributed by atoms with E-state index in [-0.39, 0.29) is 22.7 Å². The maximum absolute atomic E-state index is 13.1. The minimum absolute atomic E-state index is 0.251. The minimum Gasteiger partial charge on any atom is -0.489 e. The van der Waals surface area contributed by atoms with E-state index >= 15 is 0 Å². The molecule has 0 spiro atoms. The Morgan fingerprint density at radius 2 is 1.92 bits per heavy atom. The number of nitrogens with zero attached hydrogens (tertiary/aromatic N) is 2. The number of rotatable bonds is 8. The first kappa shape index (κ1) is 26.4. The average Bonchev–Trinajstić information content (AvgIpc) is 3.53. The molecule has 1 aliphatic carbocycles. The Bertz CT molecular complexity index is 1530. The van der Waals surface area contributed by atoms with Crippen LogP contribution in [0.1, 0.15) is 52.3 Å². The van der Waals surface area contributed by atoms with Gasteiger partial charge >= 0.3 is 11.0 Å². The van der Waals surface area contributed by atoms with Gasteiger partial charge in [0.1, 0.15) is 23.5 Å². The van der Waals surface area contributed by atoms with Gasteiger partial charge < -0.3 is 20.1 Å². The van der Waals surface area contributed by atoms with Gasteiger partial charge in [0.25, 0.3) is 5.91 Å². The van der Waals surface area contributed by atoms with Crippen LogP contribution in [0.5, 0.6) is 5.75 Å². The molecule has 2 aromatic carbocycles. The van der Waals surface area contributed by atoms with Gasteiger partial charge in [-0.05, 0) is 56.7 Å². The molecule has 2 heterocycles. The molecule has 2 aromatic heterocycles. The highest BCUT2D eigenvalue weighted by Crippen LogP contribution is 2.36. The summed E-state index contributed by atoms with van der Waals surface area (Å²) in [6.45, 7) is 4.59. The highest BCUT2D eigenvalue weighted by molar-refractivity contribution is 7.08. The zero-order chi connectivity index (χ0) is 27.4. The monoisotopic (exact) mass is 547 g/mol. The molecule has 0 radical (unpaired) electrons. The third-order valence-corrected chi connectivity index (χ3v) is 7.52. The number of nitrogens with one attached hydrogen (secondary N) is 3. The van der Waals surface area contributed by atoms with Crippen molar-refractivity contribution in [3.63, 3.8) is 0 Å². The van der Waals surface area contributed by atoms with Gasteiger partial charge in [-0.15, -0.1) is 0 Å². The number of pyridine rings is 1. The van der Waals surface area contributed by atoms with Crippen LogP contribution in [0, 0.1) is 6.92 Å². The van der Waals surface area contributed by atoms with E-state index in [2.05, 4.69) is 25.8 Å². The van der Waals surface area contributed by atoms with Gasteiger partial charge in [0.05, 0.1) is 5.52 Å². The topological polar surface area (TPSA) is 135 Å². The second-order valence-electron chi connectivity index (χ2n) is 9.42. The Morgan fingerprint density at radius 1 is 1.13 bits per heavy atom. The normalized spacial score (nSPS) is 18.6. The van der Waals surface area contributed by atoms with Crippen molar-refractivity contribution in [1.82, 2.24) is 25.8 Å². The lowest BCUT2D eigenvalue weighted by molar-refractivity contribution is 0.0917. The van der Waals surface area contributed by atoms with Gasteiger partial charge in [-0.2, -0.15) is 5.10 Å². The van der Waals surface area contributed by atoms with Crippen molar-refractivity contribution in [2.75, 3.05) is 6.54 Å². The van der Waals surface area contributed by atoms with Crippen molar-refractivity contribution >= 4 is 34.2 Å². The fraction of sp³-hybridized carbons (Fsp3) is 0.321. The maximum atomic E-state index is 13.1. The predicted octanol–water partition coefficient (Wildman–Crippen LogP) is 4.06. The fourth-order valence-corrected chi connectivity index (χ4v) is 5.67. The van der Waals surface area contributed by atoms with Crippen molar-refractivity contribution in [2.45, 2.75) is 51.4 Å². The standard InChI is InChI=1S/C28H29N5O5S/c1-3-29-27(35)38-20-13-22(26-32-33-28(36)39-26)24(14-20)31-25(34)17-8-10-19(11-9-17)37-15-18-12-16(2)30-23-7-5-4-6-21(18)23/h4-12,20,22,24H,3,13-15H2,1-2H3,(H,29,35)(H,31,34)(H,33,36). The van der Waals surface area contributed by atoms with Gasteiger partial charge in [0.2, 0.25) is 0 Å². The SMILES string of the molecule is CCNC(=O)OC1CC(NC(=O)c2ccc(OCc3cc(C)nc4ccccc34)cc2)C(c2n[nH]c(=O)s2)C1. The average molecular weight is 548 g/mol. The molecule has 10 nitrogen and oxygen atoms in total. The largest absolute Gasteiger partial charge is 0.489 e. The number of aromatic nitrogens is 3. The Hall–Kier alpha value is -4.25. The molecule has 0 saturated heterocycles. The smallest absolute Gasteiger partial charge is 0.407 e. The van der Waals surface area contributed by atoms with Crippen LogP contribution in [0.3, 0.4) is 0 Å². The molecule has 4 aromatic rings. The second-order valence-corrected chi connectivity index (χ2v) is 10.4. The van der Waals surface area contributed by atoms with Crippen molar-refractivity contribution in [3.05, 3.63) is 86.1 Å².